The van der Waals surface area contributed by atoms with E-state index in [1.54, 1.807) is 19.2 Å². The van der Waals surface area contributed by atoms with Gasteiger partial charge < -0.3 is 19.5 Å². The minimum Gasteiger partial charge on any atom is -0.495 e. The molecule has 0 amide bonds. The molecule has 1 N–H and O–H groups in total. The maximum absolute atomic E-state index is 6.19. The third-order valence-electron chi connectivity index (χ3n) is 4.33. The van der Waals surface area contributed by atoms with E-state index >= 15 is 0 Å². The molecule has 0 aromatic heterocycles. The summed E-state index contributed by atoms with van der Waals surface area (Å²) in [5.41, 5.74) is 2.87. The molecule has 0 aliphatic heterocycles. The van der Waals surface area contributed by atoms with Crippen molar-refractivity contribution in [1.82, 2.24) is 0 Å². The molecule has 0 fully saturated rings. The van der Waals surface area contributed by atoms with Crippen molar-refractivity contribution in [2.24, 2.45) is 0 Å². The van der Waals surface area contributed by atoms with Gasteiger partial charge >= 0.3 is 0 Å². The summed E-state index contributed by atoms with van der Waals surface area (Å²) in [6, 6.07) is 16.9. The van der Waals surface area contributed by atoms with Crippen LogP contribution < -0.4 is 19.5 Å². The largest absolute Gasteiger partial charge is 0.495 e. The van der Waals surface area contributed by atoms with Crippen LogP contribution in [0.3, 0.4) is 0 Å². The number of rotatable bonds is 9. The summed E-state index contributed by atoms with van der Waals surface area (Å²) < 4.78 is 16.9. The number of hydrogen-bond acceptors (Lipinski definition) is 4. The molecule has 3 aromatic carbocycles. The highest BCUT2D eigenvalue weighted by Crippen LogP contribution is 2.31. The van der Waals surface area contributed by atoms with Crippen LogP contribution in [0.15, 0.2) is 54.6 Å². The van der Waals surface area contributed by atoms with E-state index in [4.69, 9.17) is 49.0 Å². The summed E-state index contributed by atoms with van der Waals surface area (Å²) in [6.07, 6.45) is 0. The van der Waals surface area contributed by atoms with Gasteiger partial charge in [-0.3, -0.25) is 0 Å². The molecule has 0 aliphatic carbocycles. The van der Waals surface area contributed by atoms with E-state index in [2.05, 4.69) is 5.32 Å². The minimum atomic E-state index is 0.360. The molecule has 0 saturated heterocycles. The van der Waals surface area contributed by atoms with Gasteiger partial charge in [0.1, 0.15) is 12.4 Å². The van der Waals surface area contributed by atoms with E-state index in [1.807, 2.05) is 49.4 Å². The Bertz CT molecular complexity index is 1010. The smallest absolute Gasteiger partial charge is 0.161 e. The van der Waals surface area contributed by atoms with Crippen molar-refractivity contribution >= 4 is 40.5 Å². The first-order valence-electron chi connectivity index (χ1n) is 9.40. The zero-order valence-corrected chi connectivity index (χ0v) is 18.9. The highest BCUT2D eigenvalue weighted by molar-refractivity contribution is 6.42. The van der Waals surface area contributed by atoms with Crippen molar-refractivity contribution < 1.29 is 14.2 Å². The summed E-state index contributed by atoms with van der Waals surface area (Å²) in [6.45, 7) is 3.44. The summed E-state index contributed by atoms with van der Waals surface area (Å²) in [5, 5.41) is 4.93. The molecule has 0 aliphatic rings. The molecule has 0 bridgehead atoms. The fraction of sp³-hybridized carbons (Fsp3) is 0.217. The molecule has 0 spiro atoms. The Morgan fingerprint density at radius 3 is 2.20 bits per heavy atom. The first-order valence-corrected chi connectivity index (χ1v) is 10.5. The SMILES string of the molecule is CCOc1cc(CNc2ccc(OC)c(Cl)c2)ccc1OCc1ccc(Cl)c(Cl)c1. The fourth-order valence-electron chi connectivity index (χ4n) is 2.82. The molecular weight excluding hydrogens is 445 g/mol. The standard InChI is InChI=1S/C23H22Cl3NO3/c1-3-29-23-11-15(13-27-17-6-9-21(28-2)20(26)12-17)5-8-22(23)30-14-16-4-7-18(24)19(25)10-16/h4-12,27H,3,13-14H2,1-2H3. The molecule has 0 unspecified atom stereocenters. The van der Waals surface area contributed by atoms with Gasteiger partial charge in [-0.1, -0.05) is 46.9 Å². The van der Waals surface area contributed by atoms with Crippen molar-refractivity contribution in [2.75, 3.05) is 19.0 Å². The topological polar surface area (TPSA) is 39.7 Å². The number of anilines is 1. The molecule has 4 nitrogen and oxygen atoms in total. The Morgan fingerprint density at radius 1 is 0.733 bits per heavy atom. The molecule has 30 heavy (non-hydrogen) atoms. The van der Waals surface area contributed by atoms with Crippen LogP contribution in [0.4, 0.5) is 5.69 Å². The Morgan fingerprint density at radius 2 is 1.50 bits per heavy atom. The van der Waals surface area contributed by atoms with E-state index in [0.717, 1.165) is 16.8 Å². The third kappa shape index (κ3) is 5.88. The van der Waals surface area contributed by atoms with Gasteiger partial charge in [0, 0.05) is 12.2 Å². The van der Waals surface area contributed by atoms with Crippen LogP contribution >= 0.6 is 34.8 Å². The first kappa shape index (κ1) is 22.4. The van der Waals surface area contributed by atoms with Crippen LogP contribution in [0.25, 0.3) is 0 Å². The Labute approximate surface area is 191 Å². The minimum absolute atomic E-state index is 0.360. The van der Waals surface area contributed by atoms with E-state index < -0.39 is 0 Å². The predicted octanol–water partition coefficient (Wildman–Crippen LogP) is 7.25. The zero-order valence-electron chi connectivity index (χ0n) is 16.7. The van der Waals surface area contributed by atoms with Gasteiger partial charge in [-0.15, -0.1) is 0 Å². The highest BCUT2D eigenvalue weighted by Gasteiger charge is 2.09. The van der Waals surface area contributed by atoms with Crippen LogP contribution in [-0.2, 0) is 13.2 Å². The van der Waals surface area contributed by atoms with Gasteiger partial charge in [0.2, 0.25) is 0 Å². The van der Waals surface area contributed by atoms with Crippen molar-refractivity contribution in [3.8, 4) is 17.2 Å². The number of benzene rings is 3. The number of methoxy groups -OCH3 is 1. The van der Waals surface area contributed by atoms with Crippen LogP contribution in [0.1, 0.15) is 18.1 Å². The molecule has 0 heterocycles. The van der Waals surface area contributed by atoms with Gasteiger partial charge in [-0.05, 0) is 60.5 Å². The van der Waals surface area contributed by atoms with Crippen LogP contribution in [0.5, 0.6) is 17.2 Å². The summed E-state index contributed by atoms with van der Waals surface area (Å²) in [5.74, 6) is 1.99. The Balaban J connectivity index is 1.67. The molecule has 0 radical (unpaired) electrons. The fourth-order valence-corrected chi connectivity index (χ4v) is 3.40. The lowest BCUT2D eigenvalue weighted by Crippen LogP contribution is -2.03. The summed E-state index contributed by atoms with van der Waals surface area (Å²) in [7, 11) is 1.59. The lowest BCUT2D eigenvalue weighted by molar-refractivity contribution is 0.269. The monoisotopic (exact) mass is 465 g/mol. The molecule has 7 heteroatoms. The molecule has 0 saturated carbocycles. The van der Waals surface area contributed by atoms with Gasteiger partial charge in [0.15, 0.2) is 11.5 Å². The first-order chi connectivity index (χ1) is 14.5. The summed E-state index contributed by atoms with van der Waals surface area (Å²) >= 11 is 18.2. The van der Waals surface area contributed by atoms with E-state index in [0.29, 0.717) is 52.1 Å². The van der Waals surface area contributed by atoms with Crippen molar-refractivity contribution in [1.29, 1.82) is 0 Å². The lowest BCUT2D eigenvalue weighted by Gasteiger charge is -2.15. The normalized spacial score (nSPS) is 10.6. The maximum Gasteiger partial charge on any atom is 0.161 e. The highest BCUT2D eigenvalue weighted by atomic mass is 35.5. The van der Waals surface area contributed by atoms with E-state index in [1.165, 1.54) is 0 Å². The Kier molecular flexibility index (Phi) is 7.97. The van der Waals surface area contributed by atoms with Crippen molar-refractivity contribution in [3.63, 3.8) is 0 Å². The predicted molar refractivity (Wildman–Crippen MR) is 124 cm³/mol. The number of ether oxygens (including phenoxy) is 3. The molecule has 0 atom stereocenters. The second-order valence-corrected chi connectivity index (χ2v) is 7.68. The van der Waals surface area contributed by atoms with E-state index in [-0.39, 0.29) is 0 Å². The van der Waals surface area contributed by atoms with Crippen LogP contribution in [0.2, 0.25) is 15.1 Å². The molecule has 3 aromatic rings. The molecular formula is C23H22Cl3NO3. The average molecular weight is 467 g/mol. The van der Waals surface area contributed by atoms with Crippen LogP contribution in [-0.4, -0.2) is 13.7 Å². The van der Waals surface area contributed by atoms with Crippen molar-refractivity contribution in [3.05, 3.63) is 80.8 Å². The molecule has 3 rings (SSSR count). The van der Waals surface area contributed by atoms with Crippen LogP contribution in [0, 0.1) is 0 Å². The summed E-state index contributed by atoms with van der Waals surface area (Å²) in [4.78, 5) is 0. The number of nitrogens with one attached hydrogen (secondary N) is 1. The second-order valence-electron chi connectivity index (χ2n) is 6.45. The van der Waals surface area contributed by atoms with Gasteiger partial charge in [-0.2, -0.15) is 0 Å². The molecule has 158 valence electrons. The van der Waals surface area contributed by atoms with Gasteiger partial charge in [0.05, 0.1) is 28.8 Å². The third-order valence-corrected chi connectivity index (χ3v) is 5.37. The maximum atomic E-state index is 6.19. The van der Waals surface area contributed by atoms with Gasteiger partial charge in [0.25, 0.3) is 0 Å². The number of halogens is 3. The average Bonchev–Trinajstić information content (AvgIpc) is 2.74. The quantitative estimate of drug-likeness (QED) is 0.360. The van der Waals surface area contributed by atoms with Crippen molar-refractivity contribution in [2.45, 2.75) is 20.1 Å². The number of hydrogen-bond donors (Lipinski definition) is 1. The second kappa shape index (κ2) is 10.7. The Hall–Kier alpha value is -2.27. The zero-order chi connectivity index (χ0) is 21.5. The van der Waals surface area contributed by atoms with E-state index in [9.17, 15) is 0 Å². The lowest BCUT2D eigenvalue weighted by atomic mass is 10.2. The van der Waals surface area contributed by atoms with Gasteiger partial charge in [-0.25, -0.2) is 0 Å².